The van der Waals surface area contributed by atoms with E-state index >= 15 is 0 Å². The Labute approximate surface area is 146 Å². The molecule has 5 heteroatoms. The van der Waals surface area contributed by atoms with Gasteiger partial charge in [-0.2, -0.15) is 5.26 Å². The molecule has 4 rings (SSSR count). The summed E-state index contributed by atoms with van der Waals surface area (Å²) in [5.74, 6) is 0.503. The highest BCUT2D eigenvalue weighted by atomic mass is 16.5. The second kappa shape index (κ2) is 5.91. The van der Waals surface area contributed by atoms with Gasteiger partial charge in [0.05, 0.1) is 17.9 Å². The Balaban J connectivity index is 1.98. The van der Waals surface area contributed by atoms with E-state index in [4.69, 9.17) is 10.5 Å². The molecule has 0 amide bonds. The highest BCUT2D eigenvalue weighted by molar-refractivity contribution is 5.97. The van der Waals surface area contributed by atoms with Gasteiger partial charge in [0.15, 0.2) is 0 Å². The highest BCUT2D eigenvalue weighted by Gasteiger charge is 2.25. The SMILES string of the molecule is Cc1c(-c2cc([C@H]3CCOC3)c(C#N)c(N)n2)c2ccccc2n1C. The minimum Gasteiger partial charge on any atom is -0.383 e. The number of nitriles is 1. The van der Waals surface area contributed by atoms with Gasteiger partial charge in [0.2, 0.25) is 0 Å². The summed E-state index contributed by atoms with van der Waals surface area (Å²) in [5, 5.41) is 10.7. The fourth-order valence-electron chi connectivity index (χ4n) is 3.78. The predicted molar refractivity (Wildman–Crippen MR) is 98.2 cm³/mol. The van der Waals surface area contributed by atoms with E-state index in [-0.39, 0.29) is 5.92 Å². The smallest absolute Gasteiger partial charge is 0.142 e. The van der Waals surface area contributed by atoms with Crippen LogP contribution in [0.3, 0.4) is 0 Å². The number of ether oxygens (including phenoxy) is 1. The lowest BCUT2D eigenvalue weighted by Crippen LogP contribution is -2.07. The number of fused-ring (bicyclic) bond motifs is 1. The van der Waals surface area contributed by atoms with Gasteiger partial charge in [-0.15, -0.1) is 0 Å². The number of para-hydroxylation sites is 1. The Hall–Kier alpha value is -2.84. The van der Waals surface area contributed by atoms with E-state index in [1.54, 1.807) is 0 Å². The second-order valence-corrected chi connectivity index (χ2v) is 6.57. The molecule has 1 aliphatic rings. The maximum Gasteiger partial charge on any atom is 0.142 e. The minimum absolute atomic E-state index is 0.203. The Morgan fingerprint density at radius 2 is 2.16 bits per heavy atom. The van der Waals surface area contributed by atoms with Crippen LogP contribution in [0.15, 0.2) is 30.3 Å². The predicted octanol–water partition coefficient (Wildman–Crippen LogP) is 3.51. The number of benzene rings is 1. The van der Waals surface area contributed by atoms with Gasteiger partial charge in [-0.3, -0.25) is 0 Å². The topological polar surface area (TPSA) is 76.9 Å². The van der Waals surface area contributed by atoms with Crippen molar-refractivity contribution in [1.29, 1.82) is 5.26 Å². The molecule has 0 aliphatic carbocycles. The quantitative estimate of drug-likeness (QED) is 0.779. The van der Waals surface area contributed by atoms with Gasteiger partial charge in [0.1, 0.15) is 11.9 Å². The van der Waals surface area contributed by atoms with Crippen molar-refractivity contribution in [2.45, 2.75) is 19.3 Å². The molecule has 3 heterocycles. The summed E-state index contributed by atoms with van der Waals surface area (Å²) in [6, 6.07) is 12.5. The largest absolute Gasteiger partial charge is 0.383 e. The summed E-state index contributed by atoms with van der Waals surface area (Å²) in [6.07, 6.45) is 0.909. The Morgan fingerprint density at radius 3 is 2.88 bits per heavy atom. The van der Waals surface area contributed by atoms with Crippen molar-refractivity contribution >= 4 is 16.7 Å². The molecule has 25 heavy (non-hydrogen) atoms. The molecule has 2 aromatic heterocycles. The number of nitrogens with zero attached hydrogens (tertiary/aromatic N) is 3. The summed E-state index contributed by atoms with van der Waals surface area (Å²) in [4.78, 5) is 4.57. The van der Waals surface area contributed by atoms with Crippen molar-refractivity contribution in [3.63, 3.8) is 0 Å². The fraction of sp³-hybridized carbons (Fsp3) is 0.300. The van der Waals surface area contributed by atoms with E-state index in [9.17, 15) is 5.26 Å². The zero-order valence-electron chi connectivity index (χ0n) is 14.4. The van der Waals surface area contributed by atoms with Gasteiger partial charge in [-0.05, 0) is 31.0 Å². The van der Waals surface area contributed by atoms with Crippen LogP contribution in [0.4, 0.5) is 5.82 Å². The molecular formula is C20H20N4O. The van der Waals surface area contributed by atoms with Crippen molar-refractivity contribution in [3.8, 4) is 17.3 Å². The van der Waals surface area contributed by atoms with Crippen LogP contribution in [-0.4, -0.2) is 22.8 Å². The van der Waals surface area contributed by atoms with Crippen molar-refractivity contribution < 1.29 is 4.74 Å². The number of nitrogens with two attached hydrogens (primary N) is 1. The first-order valence-corrected chi connectivity index (χ1v) is 8.44. The molecule has 1 fully saturated rings. The average molecular weight is 332 g/mol. The van der Waals surface area contributed by atoms with Crippen LogP contribution in [-0.2, 0) is 11.8 Å². The van der Waals surface area contributed by atoms with Crippen molar-refractivity contribution in [2.24, 2.45) is 7.05 Å². The normalized spacial score (nSPS) is 17.1. The first-order chi connectivity index (χ1) is 12.1. The molecule has 1 saturated heterocycles. The van der Waals surface area contributed by atoms with Crippen LogP contribution in [0.2, 0.25) is 0 Å². The van der Waals surface area contributed by atoms with Crippen LogP contribution >= 0.6 is 0 Å². The molecule has 1 aromatic carbocycles. The van der Waals surface area contributed by atoms with Gasteiger partial charge in [0, 0.05) is 41.7 Å². The lowest BCUT2D eigenvalue weighted by atomic mass is 9.92. The van der Waals surface area contributed by atoms with Crippen LogP contribution < -0.4 is 5.73 Å². The molecule has 0 unspecified atom stereocenters. The number of aryl methyl sites for hydroxylation is 1. The first-order valence-electron chi connectivity index (χ1n) is 8.44. The van der Waals surface area contributed by atoms with E-state index in [0.717, 1.165) is 46.4 Å². The Bertz CT molecular complexity index is 1010. The third kappa shape index (κ3) is 2.38. The zero-order chi connectivity index (χ0) is 17.6. The summed E-state index contributed by atoms with van der Waals surface area (Å²) in [6.45, 7) is 3.44. The van der Waals surface area contributed by atoms with Crippen molar-refractivity contribution in [1.82, 2.24) is 9.55 Å². The zero-order valence-corrected chi connectivity index (χ0v) is 14.4. The number of aromatic nitrogens is 2. The van der Waals surface area contributed by atoms with Gasteiger partial charge in [-0.1, -0.05) is 18.2 Å². The average Bonchev–Trinajstić information content (AvgIpc) is 3.23. The number of pyridine rings is 1. The van der Waals surface area contributed by atoms with Gasteiger partial charge >= 0.3 is 0 Å². The lowest BCUT2D eigenvalue weighted by Gasteiger charge is -2.14. The third-order valence-corrected chi connectivity index (χ3v) is 5.22. The Morgan fingerprint density at radius 1 is 1.36 bits per heavy atom. The van der Waals surface area contributed by atoms with Crippen LogP contribution in [0.25, 0.3) is 22.2 Å². The number of nitrogen functional groups attached to an aromatic ring is 1. The maximum atomic E-state index is 9.54. The molecule has 0 bridgehead atoms. The highest BCUT2D eigenvalue weighted by Crippen LogP contribution is 2.37. The maximum absolute atomic E-state index is 9.54. The standard InChI is InChI=1S/C20H20N4O/c1-12-19(14-5-3-4-6-18(14)24(12)2)17-9-15(13-7-8-25-11-13)16(10-21)20(22)23-17/h3-6,9,13H,7-8,11H2,1-2H3,(H2,22,23)/t13-/m0/s1. The molecule has 0 saturated carbocycles. The minimum atomic E-state index is 0.203. The van der Waals surface area contributed by atoms with Gasteiger partial charge in [-0.25, -0.2) is 4.98 Å². The van der Waals surface area contributed by atoms with Gasteiger partial charge < -0.3 is 15.0 Å². The molecule has 5 nitrogen and oxygen atoms in total. The Kier molecular flexibility index (Phi) is 3.70. The molecular weight excluding hydrogens is 312 g/mol. The van der Waals surface area contributed by atoms with E-state index in [1.165, 1.54) is 0 Å². The second-order valence-electron chi connectivity index (χ2n) is 6.57. The summed E-state index contributed by atoms with van der Waals surface area (Å²) in [5.41, 5.74) is 11.8. The molecule has 1 atom stereocenters. The van der Waals surface area contributed by atoms with E-state index in [2.05, 4.69) is 41.7 Å². The monoisotopic (exact) mass is 332 g/mol. The van der Waals surface area contributed by atoms with E-state index < -0.39 is 0 Å². The van der Waals surface area contributed by atoms with Crippen LogP contribution in [0.5, 0.6) is 0 Å². The third-order valence-electron chi connectivity index (χ3n) is 5.22. The number of rotatable bonds is 2. The molecule has 0 radical (unpaired) electrons. The first kappa shape index (κ1) is 15.7. The summed E-state index contributed by atoms with van der Waals surface area (Å²) in [7, 11) is 2.06. The van der Waals surface area contributed by atoms with Gasteiger partial charge in [0.25, 0.3) is 0 Å². The van der Waals surface area contributed by atoms with Crippen LogP contribution in [0.1, 0.15) is 29.2 Å². The molecule has 1 aliphatic heterocycles. The van der Waals surface area contributed by atoms with Crippen molar-refractivity contribution in [2.75, 3.05) is 18.9 Å². The lowest BCUT2D eigenvalue weighted by molar-refractivity contribution is 0.194. The number of hydrogen-bond donors (Lipinski definition) is 1. The van der Waals surface area contributed by atoms with Crippen molar-refractivity contribution in [3.05, 3.63) is 47.2 Å². The number of hydrogen-bond acceptors (Lipinski definition) is 4. The van der Waals surface area contributed by atoms with E-state index in [1.807, 2.05) is 18.2 Å². The molecule has 3 aromatic rings. The van der Waals surface area contributed by atoms with Crippen LogP contribution in [0, 0.1) is 18.3 Å². The number of anilines is 1. The summed E-state index contributed by atoms with van der Waals surface area (Å²) < 4.78 is 7.69. The molecule has 2 N–H and O–H groups in total. The molecule has 126 valence electrons. The van der Waals surface area contributed by atoms with E-state index in [0.29, 0.717) is 18.0 Å². The fourth-order valence-corrected chi connectivity index (χ4v) is 3.78. The summed E-state index contributed by atoms with van der Waals surface area (Å²) >= 11 is 0. The molecule has 0 spiro atoms.